The monoisotopic (exact) mass is 354 g/mol. The molecule has 1 aliphatic rings. The molecule has 1 unspecified atom stereocenters. The largest absolute Gasteiger partial charge is 0.355 e. The number of nitrogens with zero attached hydrogens (tertiary/aromatic N) is 1. The van der Waals surface area contributed by atoms with Gasteiger partial charge in [-0.25, -0.2) is 0 Å². The number of thioether (sulfide) groups is 1. The van der Waals surface area contributed by atoms with Crippen LogP contribution in [-0.4, -0.2) is 30.7 Å². The highest BCUT2D eigenvalue weighted by atomic mass is 32.2. The molecule has 2 amide bonds. The first kappa shape index (κ1) is 17.5. The topological polar surface area (TPSA) is 49.4 Å². The molecule has 0 aromatic heterocycles. The highest BCUT2D eigenvalue weighted by molar-refractivity contribution is 7.99. The zero-order valence-corrected chi connectivity index (χ0v) is 14.9. The summed E-state index contributed by atoms with van der Waals surface area (Å²) in [5, 5.41) is 2.96. The Bertz CT molecular complexity index is 706. The van der Waals surface area contributed by atoms with Crippen molar-refractivity contribution in [2.45, 2.75) is 12.2 Å². The minimum absolute atomic E-state index is 0.0338. The highest BCUT2D eigenvalue weighted by Gasteiger charge is 2.30. The Morgan fingerprint density at radius 1 is 1.08 bits per heavy atom. The van der Waals surface area contributed by atoms with Gasteiger partial charge in [0.1, 0.15) is 0 Å². The molecule has 4 nitrogen and oxygen atoms in total. The molecule has 0 radical (unpaired) electrons. The highest BCUT2D eigenvalue weighted by Crippen LogP contribution is 2.24. The second kappa shape index (κ2) is 8.72. The Hall–Kier alpha value is -2.27. The molecular formula is C20H22N2O2S. The van der Waals surface area contributed by atoms with Gasteiger partial charge in [-0.15, -0.1) is 11.8 Å². The second-order valence-electron chi connectivity index (χ2n) is 6.19. The van der Waals surface area contributed by atoms with E-state index in [-0.39, 0.29) is 17.7 Å². The quantitative estimate of drug-likeness (QED) is 0.831. The van der Waals surface area contributed by atoms with Crippen molar-refractivity contribution in [2.24, 2.45) is 5.92 Å². The molecule has 1 N–H and O–H groups in total. The molecule has 0 bridgehead atoms. The average Bonchev–Trinajstić information content (AvgIpc) is 3.02. The van der Waals surface area contributed by atoms with E-state index >= 15 is 0 Å². The van der Waals surface area contributed by atoms with Crippen LogP contribution in [0.2, 0.25) is 0 Å². The van der Waals surface area contributed by atoms with Crippen molar-refractivity contribution >= 4 is 29.3 Å². The lowest BCUT2D eigenvalue weighted by atomic mass is 10.1. The summed E-state index contributed by atoms with van der Waals surface area (Å²) in [7, 11) is 0. The minimum atomic E-state index is 0.0338. The molecule has 3 rings (SSSR count). The summed E-state index contributed by atoms with van der Waals surface area (Å²) in [6.07, 6.45) is 0.492. The number of benzene rings is 2. The van der Waals surface area contributed by atoms with Gasteiger partial charge in [0.15, 0.2) is 0 Å². The number of hydrogen-bond donors (Lipinski definition) is 1. The predicted molar refractivity (Wildman–Crippen MR) is 103 cm³/mol. The van der Waals surface area contributed by atoms with Gasteiger partial charge in [0.05, 0.1) is 5.75 Å². The van der Waals surface area contributed by atoms with E-state index in [2.05, 4.69) is 17.4 Å². The first-order valence-electron chi connectivity index (χ1n) is 8.46. The SMILES string of the molecule is O=C(CSCc1ccccc1)NCC1CC(=O)N(c2ccccc2)C1. The van der Waals surface area contributed by atoms with Gasteiger partial charge < -0.3 is 10.2 Å². The van der Waals surface area contributed by atoms with Crippen molar-refractivity contribution in [1.82, 2.24) is 5.32 Å². The number of para-hydroxylation sites is 1. The summed E-state index contributed by atoms with van der Waals surface area (Å²) < 4.78 is 0. The lowest BCUT2D eigenvalue weighted by Gasteiger charge is -2.16. The lowest BCUT2D eigenvalue weighted by molar-refractivity contribution is -0.119. The van der Waals surface area contributed by atoms with E-state index in [1.54, 1.807) is 16.7 Å². The van der Waals surface area contributed by atoms with Crippen molar-refractivity contribution in [1.29, 1.82) is 0 Å². The van der Waals surface area contributed by atoms with Crippen LogP contribution >= 0.6 is 11.8 Å². The first-order chi connectivity index (χ1) is 12.2. The third-order valence-electron chi connectivity index (χ3n) is 4.21. The van der Waals surface area contributed by atoms with Crippen LogP contribution in [0.5, 0.6) is 0 Å². The van der Waals surface area contributed by atoms with Crippen LogP contribution < -0.4 is 10.2 Å². The maximum Gasteiger partial charge on any atom is 0.230 e. The van der Waals surface area contributed by atoms with E-state index in [1.807, 2.05) is 48.5 Å². The lowest BCUT2D eigenvalue weighted by Crippen LogP contribution is -2.32. The van der Waals surface area contributed by atoms with Gasteiger partial charge in [-0.3, -0.25) is 9.59 Å². The molecule has 1 fully saturated rings. The Morgan fingerprint density at radius 2 is 1.76 bits per heavy atom. The fraction of sp³-hybridized carbons (Fsp3) is 0.300. The third kappa shape index (κ3) is 5.10. The fourth-order valence-corrected chi connectivity index (χ4v) is 3.74. The van der Waals surface area contributed by atoms with Crippen LogP contribution in [0.15, 0.2) is 60.7 Å². The number of anilines is 1. The zero-order chi connectivity index (χ0) is 17.5. The molecule has 5 heteroatoms. The van der Waals surface area contributed by atoms with E-state index in [9.17, 15) is 9.59 Å². The van der Waals surface area contributed by atoms with Crippen LogP contribution in [-0.2, 0) is 15.3 Å². The Kier molecular flexibility index (Phi) is 6.12. The van der Waals surface area contributed by atoms with Crippen molar-refractivity contribution < 1.29 is 9.59 Å². The summed E-state index contributed by atoms with van der Waals surface area (Å²) in [5.74, 6) is 1.61. The third-order valence-corrected chi connectivity index (χ3v) is 5.21. The number of hydrogen-bond acceptors (Lipinski definition) is 3. The average molecular weight is 354 g/mol. The van der Waals surface area contributed by atoms with E-state index in [0.717, 1.165) is 11.4 Å². The van der Waals surface area contributed by atoms with Crippen LogP contribution in [0, 0.1) is 5.92 Å². The van der Waals surface area contributed by atoms with Crippen molar-refractivity contribution in [3.05, 3.63) is 66.2 Å². The van der Waals surface area contributed by atoms with E-state index < -0.39 is 0 Å². The van der Waals surface area contributed by atoms with Gasteiger partial charge in [-0.1, -0.05) is 48.5 Å². The van der Waals surface area contributed by atoms with Crippen LogP contribution in [0.1, 0.15) is 12.0 Å². The Balaban J connectivity index is 1.39. The molecule has 0 saturated carbocycles. The zero-order valence-electron chi connectivity index (χ0n) is 14.1. The van der Waals surface area contributed by atoms with Gasteiger partial charge in [-0.05, 0) is 17.7 Å². The number of nitrogens with one attached hydrogen (secondary N) is 1. The molecule has 130 valence electrons. The van der Waals surface area contributed by atoms with Gasteiger partial charge in [0.25, 0.3) is 0 Å². The van der Waals surface area contributed by atoms with E-state index in [4.69, 9.17) is 0 Å². The van der Waals surface area contributed by atoms with Gasteiger partial charge in [0, 0.05) is 36.9 Å². The van der Waals surface area contributed by atoms with E-state index in [1.165, 1.54) is 5.56 Å². The number of amides is 2. The number of carbonyl (C=O) groups is 2. The predicted octanol–water partition coefficient (Wildman–Crippen LogP) is 3.09. The molecule has 1 saturated heterocycles. The summed E-state index contributed by atoms with van der Waals surface area (Å²) in [5.41, 5.74) is 2.15. The second-order valence-corrected chi connectivity index (χ2v) is 7.18. The van der Waals surface area contributed by atoms with Crippen molar-refractivity contribution in [3.8, 4) is 0 Å². The Labute approximate surface area is 152 Å². The molecule has 1 heterocycles. The normalized spacial score (nSPS) is 16.9. The molecule has 1 aliphatic heterocycles. The van der Waals surface area contributed by atoms with E-state index in [0.29, 0.717) is 25.3 Å². The van der Waals surface area contributed by atoms with Crippen LogP contribution in [0.3, 0.4) is 0 Å². The summed E-state index contributed by atoms with van der Waals surface area (Å²) in [4.78, 5) is 26.0. The molecular weight excluding hydrogens is 332 g/mol. The van der Waals surface area contributed by atoms with Crippen molar-refractivity contribution in [2.75, 3.05) is 23.7 Å². The maximum atomic E-state index is 12.2. The van der Waals surface area contributed by atoms with Gasteiger partial charge in [-0.2, -0.15) is 0 Å². The van der Waals surface area contributed by atoms with Gasteiger partial charge >= 0.3 is 0 Å². The summed E-state index contributed by atoms with van der Waals surface area (Å²) in [6, 6.07) is 19.8. The number of carbonyl (C=O) groups excluding carboxylic acids is 2. The molecule has 2 aromatic rings. The van der Waals surface area contributed by atoms with Crippen LogP contribution in [0.4, 0.5) is 5.69 Å². The molecule has 1 atom stereocenters. The summed E-state index contributed by atoms with van der Waals surface area (Å²) in [6.45, 7) is 1.22. The standard InChI is InChI=1S/C20H22N2O2S/c23-19(15-25-14-16-7-3-1-4-8-16)21-12-17-11-20(24)22(13-17)18-9-5-2-6-10-18/h1-10,17H,11-15H2,(H,21,23). The Morgan fingerprint density at radius 3 is 2.48 bits per heavy atom. The molecule has 25 heavy (non-hydrogen) atoms. The maximum absolute atomic E-state index is 12.2. The van der Waals surface area contributed by atoms with Crippen molar-refractivity contribution in [3.63, 3.8) is 0 Å². The number of rotatable bonds is 7. The minimum Gasteiger partial charge on any atom is -0.355 e. The van der Waals surface area contributed by atoms with Crippen LogP contribution in [0.25, 0.3) is 0 Å². The first-order valence-corrected chi connectivity index (χ1v) is 9.61. The molecule has 0 spiro atoms. The smallest absolute Gasteiger partial charge is 0.230 e. The molecule has 2 aromatic carbocycles. The molecule has 0 aliphatic carbocycles. The fourth-order valence-electron chi connectivity index (χ4n) is 2.92. The van der Waals surface area contributed by atoms with Gasteiger partial charge in [0.2, 0.25) is 11.8 Å². The summed E-state index contributed by atoms with van der Waals surface area (Å²) >= 11 is 1.61.